The molecule has 0 aliphatic carbocycles. The van der Waals surface area contributed by atoms with Crippen molar-refractivity contribution in [3.05, 3.63) is 0 Å². The number of amides is 3. The molecule has 0 saturated carbocycles. The molecule has 2 rings (SSSR count). The molecule has 0 aromatic rings. The summed E-state index contributed by atoms with van der Waals surface area (Å²) in [6.07, 6.45) is -3.40. The Morgan fingerprint density at radius 2 is 2.11 bits per heavy atom. The second-order valence-corrected chi connectivity index (χ2v) is 6.72. The van der Waals surface area contributed by atoms with Crippen molar-refractivity contribution in [3.8, 4) is 0 Å². The Labute approximate surface area is 179 Å². The first-order valence-corrected chi connectivity index (χ1v) is 9.06. The van der Waals surface area contributed by atoms with Crippen LogP contribution in [-0.4, -0.2) is 98.2 Å². The molecule has 0 spiro atoms. The lowest BCUT2D eigenvalue weighted by molar-refractivity contribution is -0.146. The second kappa shape index (κ2) is 11.0. The Bertz CT molecular complexity index is 559. The second-order valence-electron chi connectivity index (χ2n) is 6.72. The molecule has 28 heavy (non-hydrogen) atoms. The Balaban J connectivity index is 0.00000392. The van der Waals surface area contributed by atoms with Gasteiger partial charge in [0.2, 0.25) is 5.91 Å². The minimum Gasteiger partial charge on any atom is -0.354 e. The molecular weight excluding hydrogens is 492 g/mol. The number of carbonyl (C=O) groups is 2. The van der Waals surface area contributed by atoms with Crippen LogP contribution in [0.2, 0.25) is 0 Å². The number of aliphatic imine (C=N–C) groups is 1. The van der Waals surface area contributed by atoms with Crippen LogP contribution in [0.1, 0.15) is 13.3 Å². The van der Waals surface area contributed by atoms with Crippen molar-refractivity contribution in [2.24, 2.45) is 10.9 Å². The van der Waals surface area contributed by atoms with E-state index in [4.69, 9.17) is 0 Å². The molecule has 0 aromatic heterocycles. The van der Waals surface area contributed by atoms with Crippen LogP contribution in [0.25, 0.3) is 0 Å². The van der Waals surface area contributed by atoms with Gasteiger partial charge >= 0.3 is 12.2 Å². The molecular formula is C16H28F3IN6O2. The molecule has 12 heteroatoms. The van der Waals surface area contributed by atoms with E-state index >= 15 is 0 Å². The van der Waals surface area contributed by atoms with Gasteiger partial charge in [0, 0.05) is 39.8 Å². The lowest BCUT2D eigenvalue weighted by atomic mass is 10.1. The van der Waals surface area contributed by atoms with Gasteiger partial charge in [-0.3, -0.25) is 19.6 Å². The Hall–Kier alpha value is -1.31. The van der Waals surface area contributed by atoms with Gasteiger partial charge in [-0.05, 0) is 18.9 Å². The Morgan fingerprint density at radius 1 is 1.39 bits per heavy atom. The summed E-state index contributed by atoms with van der Waals surface area (Å²) in [5, 5.41) is 5.57. The van der Waals surface area contributed by atoms with Gasteiger partial charge in [-0.1, -0.05) is 6.92 Å². The van der Waals surface area contributed by atoms with E-state index in [2.05, 4.69) is 15.6 Å². The fourth-order valence-corrected chi connectivity index (χ4v) is 3.39. The highest BCUT2D eigenvalue weighted by Crippen LogP contribution is 2.21. The van der Waals surface area contributed by atoms with Gasteiger partial charge in [0.05, 0.1) is 13.1 Å². The number of urea groups is 1. The molecule has 0 bridgehead atoms. The molecule has 1 unspecified atom stereocenters. The molecule has 162 valence electrons. The van der Waals surface area contributed by atoms with Gasteiger partial charge in [-0.25, -0.2) is 4.79 Å². The molecule has 1 atom stereocenters. The lowest BCUT2D eigenvalue weighted by Crippen LogP contribution is -2.45. The van der Waals surface area contributed by atoms with Gasteiger partial charge in [0.15, 0.2) is 5.96 Å². The largest absolute Gasteiger partial charge is 0.401 e. The van der Waals surface area contributed by atoms with E-state index in [0.29, 0.717) is 38.7 Å². The normalized spacial score (nSPS) is 20.6. The quantitative estimate of drug-likeness (QED) is 0.226. The number of alkyl halides is 3. The van der Waals surface area contributed by atoms with Crippen molar-refractivity contribution in [1.29, 1.82) is 0 Å². The average Bonchev–Trinajstić information content (AvgIpc) is 3.18. The number of hydrogen-bond donors (Lipinski definition) is 2. The number of nitrogens with one attached hydrogen (secondary N) is 2. The summed E-state index contributed by atoms with van der Waals surface area (Å²) in [4.78, 5) is 31.8. The third kappa shape index (κ3) is 7.26. The smallest absolute Gasteiger partial charge is 0.354 e. The highest BCUT2D eigenvalue weighted by Gasteiger charge is 2.33. The standard InChI is InChI=1S/C16H27F3N6O2.HI/c1-3-23(11-16(17,18)19)9-12-4-6-24(10-12)14(20-2)21-5-7-25-13(26)8-22-15(25)27;/h12H,3-11H2,1-2H3,(H,20,21)(H,22,27);1H. The number of imide groups is 1. The van der Waals surface area contributed by atoms with Crippen molar-refractivity contribution < 1.29 is 22.8 Å². The minimum absolute atomic E-state index is 0. The molecule has 2 fully saturated rings. The maximum absolute atomic E-state index is 12.6. The van der Waals surface area contributed by atoms with Gasteiger partial charge < -0.3 is 15.5 Å². The van der Waals surface area contributed by atoms with E-state index in [-0.39, 0.29) is 48.9 Å². The highest BCUT2D eigenvalue weighted by atomic mass is 127. The monoisotopic (exact) mass is 520 g/mol. The predicted molar refractivity (Wildman–Crippen MR) is 110 cm³/mol. The van der Waals surface area contributed by atoms with Crippen LogP contribution < -0.4 is 10.6 Å². The fourth-order valence-electron chi connectivity index (χ4n) is 3.39. The van der Waals surface area contributed by atoms with Crippen LogP contribution in [0.3, 0.4) is 0 Å². The molecule has 2 N–H and O–H groups in total. The van der Waals surface area contributed by atoms with Crippen molar-refractivity contribution in [3.63, 3.8) is 0 Å². The number of halogens is 4. The number of nitrogens with zero attached hydrogens (tertiary/aromatic N) is 4. The molecule has 8 nitrogen and oxygen atoms in total. The molecule has 0 aromatic carbocycles. The Kier molecular flexibility index (Phi) is 9.74. The summed E-state index contributed by atoms with van der Waals surface area (Å²) in [6.45, 7) is 3.54. The Morgan fingerprint density at radius 3 is 2.64 bits per heavy atom. The van der Waals surface area contributed by atoms with Gasteiger partial charge in [-0.15, -0.1) is 24.0 Å². The fraction of sp³-hybridized carbons (Fsp3) is 0.812. The topological polar surface area (TPSA) is 80.3 Å². The van der Waals surface area contributed by atoms with Crippen molar-refractivity contribution >= 4 is 41.9 Å². The summed E-state index contributed by atoms with van der Waals surface area (Å²) >= 11 is 0. The summed E-state index contributed by atoms with van der Waals surface area (Å²) in [7, 11) is 1.63. The third-order valence-corrected chi connectivity index (χ3v) is 4.72. The predicted octanol–water partition coefficient (Wildman–Crippen LogP) is 0.938. The molecule has 0 radical (unpaired) electrons. The van der Waals surface area contributed by atoms with E-state index < -0.39 is 18.8 Å². The molecule has 2 aliphatic rings. The van der Waals surface area contributed by atoms with Crippen LogP contribution >= 0.6 is 24.0 Å². The first-order valence-electron chi connectivity index (χ1n) is 9.06. The SMILES string of the molecule is CCN(CC1CCN(C(=NC)NCCN2C(=O)CNC2=O)C1)CC(F)(F)F.I. The minimum atomic E-state index is -4.19. The van der Waals surface area contributed by atoms with E-state index in [0.717, 1.165) is 11.3 Å². The van der Waals surface area contributed by atoms with E-state index in [1.54, 1.807) is 14.0 Å². The first-order chi connectivity index (χ1) is 12.7. The van der Waals surface area contributed by atoms with Crippen LogP contribution in [-0.2, 0) is 4.79 Å². The van der Waals surface area contributed by atoms with Gasteiger partial charge in [0.1, 0.15) is 0 Å². The van der Waals surface area contributed by atoms with Crippen molar-refractivity contribution in [2.45, 2.75) is 19.5 Å². The maximum atomic E-state index is 12.6. The maximum Gasteiger partial charge on any atom is 0.401 e. The summed E-state index contributed by atoms with van der Waals surface area (Å²) in [5.74, 6) is 0.502. The van der Waals surface area contributed by atoms with E-state index in [1.807, 2.05) is 4.90 Å². The number of carbonyl (C=O) groups excluding carboxylic acids is 2. The number of hydrogen-bond acceptors (Lipinski definition) is 4. The average molecular weight is 520 g/mol. The first kappa shape index (κ1) is 24.7. The number of guanidine groups is 1. The zero-order valence-electron chi connectivity index (χ0n) is 16.1. The zero-order chi connectivity index (χ0) is 20.0. The van der Waals surface area contributed by atoms with Gasteiger partial charge in [0.25, 0.3) is 0 Å². The summed E-state index contributed by atoms with van der Waals surface area (Å²) in [5.41, 5.74) is 0. The third-order valence-electron chi connectivity index (χ3n) is 4.72. The van der Waals surface area contributed by atoms with Gasteiger partial charge in [-0.2, -0.15) is 13.2 Å². The molecule has 3 amide bonds. The van der Waals surface area contributed by atoms with E-state index in [1.165, 1.54) is 4.90 Å². The highest BCUT2D eigenvalue weighted by molar-refractivity contribution is 14.0. The molecule has 2 saturated heterocycles. The van der Waals surface area contributed by atoms with Crippen LogP contribution in [0.15, 0.2) is 4.99 Å². The van der Waals surface area contributed by atoms with Crippen molar-refractivity contribution in [2.75, 3.05) is 59.4 Å². The lowest BCUT2D eigenvalue weighted by Gasteiger charge is -2.26. The number of rotatable bonds is 7. The zero-order valence-corrected chi connectivity index (χ0v) is 18.4. The van der Waals surface area contributed by atoms with E-state index in [9.17, 15) is 22.8 Å². The number of likely N-dealkylation sites (tertiary alicyclic amines) is 1. The van der Waals surface area contributed by atoms with Crippen LogP contribution in [0, 0.1) is 5.92 Å². The van der Waals surface area contributed by atoms with Crippen LogP contribution in [0.4, 0.5) is 18.0 Å². The summed E-state index contributed by atoms with van der Waals surface area (Å²) in [6, 6.07) is -0.401. The van der Waals surface area contributed by atoms with Crippen molar-refractivity contribution in [1.82, 2.24) is 25.3 Å². The molecule has 2 heterocycles. The summed E-state index contributed by atoms with van der Waals surface area (Å²) < 4.78 is 37.8. The molecule has 2 aliphatic heterocycles. The van der Waals surface area contributed by atoms with Crippen LogP contribution in [0.5, 0.6) is 0 Å².